The zero-order chi connectivity index (χ0) is 14.5. The van der Waals surface area contributed by atoms with Gasteiger partial charge in [0.15, 0.2) is 0 Å². The molecule has 0 amide bonds. The molecule has 1 unspecified atom stereocenters. The van der Waals surface area contributed by atoms with Gasteiger partial charge in [-0.1, -0.05) is 43.6 Å². The molecule has 0 aliphatic carbocycles. The van der Waals surface area contributed by atoms with Crippen molar-refractivity contribution in [3.05, 3.63) is 52.7 Å². The predicted molar refractivity (Wildman–Crippen MR) is 84.0 cm³/mol. The average molecular weight is 310 g/mol. The predicted octanol–water partition coefficient (Wildman–Crippen LogP) is 5.78. The largest absolute Gasteiger partial charge is 0.439 e. The molecule has 0 fully saturated rings. The van der Waals surface area contributed by atoms with E-state index in [9.17, 15) is 0 Å². The highest BCUT2D eigenvalue weighted by Crippen LogP contribution is 2.32. The Morgan fingerprint density at radius 1 is 1.20 bits per heavy atom. The van der Waals surface area contributed by atoms with Crippen molar-refractivity contribution in [2.24, 2.45) is 0 Å². The molecule has 0 bridgehead atoms. The Bertz CT molecular complexity index is 586. The molecule has 20 heavy (non-hydrogen) atoms. The number of para-hydroxylation sites is 1. The van der Waals surface area contributed by atoms with Gasteiger partial charge >= 0.3 is 0 Å². The van der Waals surface area contributed by atoms with E-state index in [1.54, 1.807) is 12.1 Å². The third kappa shape index (κ3) is 3.44. The summed E-state index contributed by atoms with van der Waals surface area (Å²) >= 11 is 11.8. The zero-order valence-electron chi connectivity index (χ0n) is 11.6. The highest BCUT2D eigenvalue weighted by molar-refractivity contribution is 6.32. The summed E-state index contributed by atoms with van der Waals surface area (Å²) in [5.74, 6) is 2.05. The summed E-state index contributed by atoms with van der Waals surface area (Å²) in [4.78, 5) is 4.33. The summed E-state index contributed by atoms with van der Waals surface area (Å²) in [6.45, 7) is 4.34. The maximum Gasteiger partial charge on any atom is 0.219 e. The molecule has 1 atom stereocenters. The van der Waals surface area contributed by atoms with Crippen molar-refractivity contribution < 1.29 is 4.74 Å². The number of rotatable bonds is 5. The smallest absolute Gasteiger partial charge is 0.219 e. The molecule has 2 nitrogen and oxygen atoms in total. The van der Waals surface area contributed by atoms with E-state index in [2.05, 4.69) is 24.9 Å². The Morgan fingerprint density at radius 2 is 1.95 bits per heavy atom. The molecular formula is C16H17Cl2NO. The second-order valence-electron chi connectivity index (χ2n) is 4.66. The molecule has 1 heterocycles. The molecule has 0 radical (unpaired) electrons. The summed E-state index contributed by atoms with van der Waals surface area (Å²) in [5.41, 5.74) is 1.81. The number of ether oxygens (including phenoxy) is 1. The minimum Gasteiger partial charge on any atom is -0.439 e. The number of benzene rings is 1. The topological polar surface area (TPSA) is 22.1 Å². The maximum atomic E-state index is 6.00. The van der Waals surface area contributed by atoms with E-state index in [0.717, 1.165) is 12.2 Å². The van der Waals surface area contributed by atoms with Gasteiger partial charge in [0.05, 0.1) is 16.6 Å². The zero-order valence-corrected chi connectivity index (χ0v) is 13.1. The lowest BCUT2D eigenvalue weighted by atomic mass is 9.98. The van der Waals surface area contributed by atoms with Gasteiger partial charge in [0.2, 0.25) is 5.88 Å². The molecule has 0 saturated carbocycles. The first-order chi connectivity index (χ1) is 9.65. The molecule has 2 rings (SSSR count). The lowest BCUT2D eigenvalue weighted by Crippen LogP contribution is -1.98. The number of nitrogens with zero attached hydrogens (tertiary/aromatic N) is 1. The Kier molecular flexibility index (Phi) is 5.27. The molecule has 0 N–H and O–H groups in total. The van der Waals surface area contributed by atoms with Gasteiger partial charge in [0, 0.05) is 6.07 Å². The fourth-order valence-electron chi connectivity index (χ4n) is 1.93. The fourth-order valence-corrected chi connectivity index (χ4v) is 2.37. The Labute approximate surface area is 129 Å². The van der Waals surface area contributed by atoms with Crippen molar-refractivity contribution in [1.29, 1.82) is 0 Å². The highest BCUT2D eigenvalue weighted by atomic mass is 35.5. The second kappa shape index (κ2) is 6.96. The lowest BCUT2D eigenvalue weighted by molar-refractivity contribution is 0.451. The van der Waals surface area contributed by atoms with Crippen molar-refractivity contribution in [2.45, 2.75) is 32.1 Å². The molecular weight excluding hydrogens is 293 g/mol. The molecule has 4 heteroatoms. The quantitative estimate of drug-likeness (QED) is 0.653. The van der Waals surface area contributed by atoms with E-state index in [-0.39, 0.29) is 5.88 Å². The van der Waals surface area contributed by atoms with Crippen LogP contribution in [0.4, 0.5) is 0 Å². The van der Waals surface area contributed by atoms with Crippen molar-refractivity contribution >= 4 is 23.2 Å². The second-order valence-corrected chi connectivity index (χ2v) is 5.34. The SMILES string of the molecule is CCC(C)c1ccccc1Oc1ccc(Cl)c(CCl)n1. The van der Waals surface area contributed by atoms with Crippen molar-refractivity contribution in [1.82, 2.24) is 4.98 Å². The van der Waals surface area contributed by atoms with Crippen LogP contribution in [-0.2, 0) is 5.88 Å². The van der Waals surface area contributed by atoms with Crippen molar-refractivity contribution in [2.75, 3.05) is 0 Å². The summed E-state index contributed by atoms with van der Waals surface area (Å²) in [6.07, 6.45) is 1.06. The average Bonchev–Trinajstić information content (AvgIpc) is 2.49. The van der Waals surface area contributed by atoms with Crippen LogP contribution in [0.25, 0.3) is 0 Å². The number of alkyl halides is 1. The van der Waals surface area contributed by atoms with Crippen LogP contribution >= 0.6 is 23.2 Å². The van der Waals surface area contributed by atoms with E-state index in [1.165, 1.54) is 5.56 Å². The van der Waals surface area contributed by atoms with Crippen LogP contribution in [0.15, 0.2) is 36.4 Å². The number of aromatic nitrogens is 1. The third-order valence-electron chi connectivity index (χ3n) is 3.30. The van der Waals surface area contributed by atoms with Gasteiger partial charge in [-0.2, -0.15) is 0 Å². The van der Waals surface area contributed by atoms with Gasteiger partial charge in [-0.05, 0) is 30.0 Å². The van der Waals surface area contributed by atoms with E-state index in [1.807, 2.05) is 18.2 Å². The molecule has 1 aromatic heterocycles. The Balaban J connectivity index is 2.30. The normalized spacial score (nSPS) is 12.2. The van der Waals surface area contributed by atoms with Gasteiger partial charge < -0.3 is 4.74 Å². The molecule has 106 valence electrons. The lowest BCUT2D eigenvalue weighted by Gasteiger charge is -2.15. The van der Waals surface area contributed by atoms with Crippen LogP contribution in [0.1, 0.15) is 37.4 Å². The van der Waals surface area contributed by atoms with Crippen molar-refractivity contribution in [3.63, 3.8) is 0 Å². The first-order valence-corrected chi connectivity index (χ1v) is 7.55. The van der Waals surface area contributed by atoms with Crippen LogP contribution in [0.3, 0.4) is 0 Å². The van der Waals surface area contributed by atoms with E-state index in [0.29, 0.717) is 22.5 Å². The Hall–Kier alpha value is -1.25. The molecule has 2 aromatic rings. The van der Waals surface area contributed by atoms with Gasteiger partial charge in [0.1, 0.15) is 5.75 Å². The minimum atomic E-state index is 0.267. The van der Waals surface area contributed by atoms with Crippen LogP contribution < -0.4 is 4.74 Å². The summed E-state index contributed by atoms with van der Waals surface area (Å²) in [7, 11) is 0. The van der Waals surface area contributed by atoms with Gasteiger partial charge in [0.25, 0.3) is 0 Å². The summed E-state index contributed by atoms with van der Waals surface area (Å²) < 4.78 is 5.90. The number of hydrogen-bond acceptors (Lipinski definition) is 2. The Morgan fingerprint density at radius 3 is 2.65 bits per heavy atom. The number of halogens is 2. The molecule has 0 aliphatic rings. The van der Waals surface area contributed by atoms with E-state index in [4.69, 9.17) is 27.9 Å². The molecule has 0 saturated heterocycles. The maximum absolute atomic E-state index is 6.00. The highest BCUT2D eigenvalue weighted by Gasteiger charge is 2.11. The number of hydrogen-bond donors (Lipinski definition) is 0. The van der Waals surface area contributed by atoms with Gasteiger partial charge in [-0.3, -0.25) is 0 Å². The fraction of sp³-hybridized carbons (Fsp3) is 0.312. The first kappa shape index (κ1) is 15.1. The van der Waals surface area contributed by atoms with E-state index < -0.39 is 0 Å². The van der Waals surface area contributed by atoms with Crippen LogP contribution in [-0.4, -0.2) is 4.98 Å². The minimum absolute atomic E-state index is 0.267. The molecule has 0 spiro atoms. The monoisotopic (exact) mass is 309 g/mol. The van der Waals surface area contributed by atoms with Gasteiger partial charge in [-0.15, -0.1) is 11.6 Å². The van der Waals surface area contributed by atoms with E-state index >= 15 is 0 Å². The molecule has 0 aliphatic heterocycles. The van der Waals surface area contributed by atoms with Crippen LogP contribution in [0, 0.1) is 0 Å². The van der Waals surface area contributed by atoms with Crippen molar-refractivity contribution in [3.8, 4) is 11.6 Å². The standard InChI is InChI=1S/C16H17Cl2NO/c1-3-11(2)12-6-4-5-7-15(12)20-16-9-8-13(18)14(10-17)19-16/h4-9,11H,3,10H2,1-2H3. The van der Waals surface area contributed by atoms with Crippen LogP contribution in [0.5, 0.6) is 11.6 Å². The number of pyridine rings is 1. The summed E-state index contributed by atoms with van der Waals surface area (Å²) in [5, 5.41) is 0.558. The van der Waals surface area contributed by atoms with Crippen LogP contribution in [0.2, 0.25) is 5.02 Å². The summed E-state index contributed by atoms with van der Waals surface area (Å²) in [6, 6.07) is 11.5. The third-order valence-corrected chi connectivity index (χ3v) is 3.89. The van der Waals surface area contributed by atoms with Gasteiger partial charge in [-0.25, -0.2) is 4.98 Å². The molecule has 1 aromatic carbocycles. The first-order valence-electron chi connectivity index (χ1n) is 6.63.